The zero-order valence-electron chi connectivity index (χ0n) is 19.3. The normalized spacial score (nSPS) is 15.0. The smallest absolute Gasteiger partial charge is 0.168 e. The molecule has 0 amide bonds. The first-order valence-electron chi connectivity index (χ1n) is 10.9. The number of hydrogen-bond acceptors (Lipinski definition) is 7. The molecule has 1 aliphatic rings. The molecule has 1 aromatic heterocycles. The zero-order chi connectivity index (χ0) is 22.5. The summed E-state index contributed by atoms with van der Waals surface area (Å²) in [5.41, 5.74) is 3.98. The second-order valence-corrected chi connectivity index (χ2v) is 8.16. The fourth-order valence-corrected chi connectivity index (χ4v) is 4.01. The molecule has 7 heteroatoms. The third-order valence-electron chi connectivity index (χ3n) is 5.82. The highest BCUT2D eigenvalue weighted by molar-refractivity contribution is 5.75. The van der Waals surface area contributed by atoms with Crippen LogP contribution in [0.25, 0.3) is 11.1 Å². The molecule has 32 heavy (non-hydrogen) atoms. The van der Waals surface area contributed by atoms with Crippen LogP contribution in [0.1, 0.15) is 17.0 Å². The predicted octanol–water partition coefficient (Wildman–Crippen LogP) is 3.99. The van der Waals surface area contributed by atoms with E-state index in [1.807, 2.05) is 31.2 Å². The number of nitrogens with zero attached hydrogens (tertiary/aromatic N) is 3. The number of rotatable bonds is 8. The number of piperazine rings is 1. The maximum Gasteiger partial charge on any atom is 0.168 e. The van der Waals surface area contributed by atoms with Gasteiger partial charge in [0.15, 0.2) is 11.5 Å². The number of benzene rings is 2. The molecule has 0 aliphatic carbocycles. The zero-order valence-corrected chi connectivity index (χ0v) is 19.3. The van der Waals surface area contributed by atoms with Crippen LogP contribution >= 0.6 is 0 Å². The Morgan fingerprint density at radius 1 is 0.969 bits per heavy atom. The minimum Gasteiger partial charge on any atom is -0.493 e. The Balaban J connectivity index is 1.64. The van der Waals surface area contributed by atoms with E-state index >= 15 is 0 Å². The first-order chi connectivity index (χ1) is 15.6. The minimum absolute atomic E-state index is 0.370. The van der Waals surface area contributed by atoms with Gasteiger partial charge in [0.25, 0.3) is 0 Å². The van der Waals surface area contributed by atoms with E-state index in [2.05, 4.69) is 40.2 Å². The van der Waals surface area contributed by atoms with Crippen molar-refractivity contribution in [2.24, 2.45) is 0 Å². The summed E-state index contributed by atoms with van der Waals surface area (Å²) in [7, 11) is 5.49. The second-order valence-electron chi connectivity index (χ2n) is 8.16. The summed E-state index contributed by atoms with van der Waals surface area (Å²) in [4.78, 5) is 4.83. The van der Waals surface area contributed by atoms with Crippen LogP contribution in [0.4, 0.5) is 0 Å². The summed E-state index contributed by atoms with van der Waals surface area (Å²) in [5.74, 6) is 3.08. The van der Waals surface area contributed by atoms with Crippen LogP contribution in [-0.4, -0.2) is 62.4 Å². The van der Waals surface area contributed by atoms with Gasteiger partial charge in [0.1, 0.15) is 23.8 Å². The lowest BCUT2D eigenvalue weighted by atomic mass is 10.0. The molecular formula is C25H31N3O4. The molecule has 3 aromatic rings. The summed E-state index contributed by atoms with van der Waals surface area (Å²) in [6, 6.07) is 14.1. The number of ether oxygens (including phenoxy) is 3. The van der Waals surface area contributed by atoms with Gasteiger partial charge in [-0.25, -0.2) is 0 Å². The van der Waals surface area contributed by atoms with Crippen LogP contribution < -0.4 is 14.2 Å². The molecular weight excluding hydrogens is 406 g/mol. The molecule has 170 valence electrons. The van der Waals surface area contributed by atoms with Gasteiger partial charge in [-0.2, -0.15) is 0 Å². The van der Waals surface area contributed by atoms with E-state index in [1.165, 1.54) is 0 Å². The standard InChI is InChI=1S/C25H31N3O4/c1-18-14-21(26-32-18)17-31-23-9-8-19(22-6-5-7-24(29-3)25(22)30-4)15-20(23)16-28-12-10-27(2)11-13-28/h5-9,14-15H,10-13,16-17H2,1-4H3. The van der Waals surface area contributed by atoms with Gasteiger partial charge in [0, 0.05) is 49.9 Å². The molecule has 0 unspecified atom stereocenters. The molecule has 0 radical (unpaired) electrons. The van der Waals surface area contributed by atoms with Crippen molar-refractivity contribution in [3.63, 3.8) is 0 Å². The van der Waals surface area contributed by atoms with E-state index in [1.54, 1.807) is 14.2 Å². The van der Waals surface area contributed by atoms with Crippen molar-refractivity contribution in [2.45, 2.75) is 20.1 Å². The minimum atomic E-state index is 0.370. The molecule has 4 rings (SSSR count). The van der Waals surface area contributed by atoms with Crippen molar-refractivity contribution in [2.75, 3.05) is 47.4 Å². The largest absolute Gasteiger partial charge is 0.493 e. The number of aromatic nitrogens is 1. The van der Waals surface area contributed by atoms with Crippen LogP contribution in [0.5, 0.6) is 17.2 Å². The summed E-state index contributed by atoms with van der Waals surface area (Å²) >= 11 is 0. The SMILES string of the molecule is COc1cccc(-c2ccc(OCc3cc(C)on3)c(CN3CCN(C)CC3)c2)c1OC. The Hall–Kier alpha value is -3.03. The van der Waals surface area contributed by atoms with Crippen molar-refractivity contribution in [3.8, 4) is 28.4 Å². The number of aryl methyl sites for hydroxylation is 1. The summed E-state index contributed by atoms with van der Waals surface area (Å²) < 4.78 is 22.5. The van der Waals surface area contributed by atoms with Crippen molar-refractivity contribution in [3.05, 3.63) is 59.5 Å². The van der Waals surface area contributed by atoms with Crippen LogP contribution in [0.3, 0.4) is 0 Å². The third kappa shape index (κ3) is 5.06. The maximum absolute atomic E-state index is 6.18. The summed E-state index contributed by atoms with van der Waals surface area (Å²) in [6.07, 6.45) is 0. The van der Waals surface area contributed by atoms with Crippen molar-refractivity contribution >= 4 is 0 Å². The molecule has 1 saturated heterocycles. The Morgan fingerprint density at radius 2 is 1.78 bits per heavy atom. The Bertz CT molecular complexity index is 1040. The van der Waals surface area contributed by atoms with Crippen molar-refractivity contribution < 1.29 is 18.7 Å². The second kappa shape index (κ2) is 10.1. The Morgan fingerprint density at radius 3 is 2.47 bits per heavy atom. The lowest BCUT2D eigenvalue weighted by Crippen LogP contribution is -2.43. The van der Waals surface area contributed by atoms with E-state index in [4.69, 9.17) is 18.7 Å². The predicted molar refractivity (Wildman–Crippen MR) is 123 cm³/mol. The lowest BCUT2D eigenvalue weighted by Gasteiger charge is -2.32. The van der Waals surface area contributed by atoms with Crippen LogP contribution in [0.2, 0.25) is 0 Å². The fraction of sp³-hybridized carbons (Fsp3) is 0.400. The number of hydrogen-bond donors (Lipinski definition) is 0. The highest BCUT2D eigenvalue weighted by Crippen LogP contribution is 2.39. The van der Waals surface area contributed by atoms with E-state index in [0.717, 1.165) is 72.4 Å². The lowest BCUT2D eigenvalue weighted by molar-refractivity contribution is 0.146. The topological polar surface area (TPSA) is 60.2 Å². The van der Waals surface area contributed by atoms with Crippen LogP contribution in [-0.2, 0) is 13.2 Å². The fourth-order valence-electron chi connectivity index (χ4n) is 4.01. The van der Waals surface area contributed by atoms with E-state index < -0.39 is 0 Å². The molecule has 0 atom stereocenters. The highest BCUT2D eigenvalue weighted by Gasteiger charge is 2.18. The first kappa shape index (κ1) is 22.2. The number of methoxy groups -OCH3 is 2. The molecule has 0 saturated carbocycles. The quantitative estimate of drug-likeness (QED) is 0.528. The molecule has 7 nitrogen and oxygen atoms in total. The van der Waals surface area contributed by atoms with E-state index in [9.17, 15) is 0 Å². The molecule has 0 bridgehead atoms. The molecule has 0 spiro atoms. The van der Waals surface area contributed by atoms with Gasteiger partial charge >= 0.3 is 0 Å². The monoisotopic (exact) mass is 437 g/mol. The Labute approximate surface area is 189 Å². The third-order valence-corrected chi connectivity index (χ3v) is 5.82. The average molecular weight is 438 g/mol. The molecule has 1 aliphatic heterocycles. The molecule has 0 N–H and O–H groups in total. The Kier molecular flexibility index (Phi) is 6.97. The molecule has 2 aromatic carbocycles. The van der Waals surface area contributed by atoms with Crippen LogP contribution in [0.15, 0.2) is 47.0 Å². The van der Waals surface area contributed by atoms with Gasteiger partial charge in [-0.15, -0.1) is 0 Å². The highest BCUT2D eigenvalue weighted by atomic mass is 16.5. The summed E-state index contributed by atoms with van der Waals surface area (Å²) in [5, 5.41) is 4.05. The van der Waals surface area contributed by atoms with E-state index in [0.29, 0.717) is 12.4 Å². The van der Waals surface area contributed by atoms with Crippen molar-refractivity contribution in [1.29, 1.82) is 0 Å². The molecule has 1 fully saturated rings. The number of likely N-dealkylation sites (N-methyl/N-ethyl adjacent to an activating group) is 1. The van der Waals surface area contributed by atoms with Gasteiger partial charge in [-0.1, -0.05) is 23.4 Å². The summed E-state index contributed by atoms with van der Waals surface area (Å²) in [6.45, 7) is 7.27. The van der Waals surface area contributed by atoms with Gasteiger partial charge in [-0.05, 0) is 37.7 Å². The van der Waals surface area contributed by atoms with Gasteiger partial charge in [0.05, 0.1) is 14.2 Å². The average Bonchev–Trinajstić information content (AvgIpc) is 3.24. The first-order valence-corrected chi connectivity index (χ1v) is 10.9. The van der Waals surface area contributed by atoms with Gasteiger partial charge < -0.3 is 23.6 Å². The van der Waals surface area contributed by atoms with Crippen molar-refractivity contribution in [1.82, 2.24) is 15.0 Å². The maximum atomic E-state index is 6.18. The number of para-hydroxylation sites is 1. The van der Waals surface area contributed by atoms with E-state index in [-0.39, 0.29) is 0 Å². The molecule has 2 heterocycles. The van der Waals surface area contributed by atoms with Gasteiger partial charge in [0.2, 0.25) is 0 Å². The van der Waals surface area contributed by atoms with Gasteiger partial charge in [-0.3, -0.25) is 4.90 Å². The van der Waals surface area contributed by atoms with Crippen LogP contribution in [0, 0.1) is 6.92 Å².